The van der Waals surface area contributed by atoms with Gasteiger partial charge in [-0.05, 0) is 30.0 Å². The van der Waals surface area contributed by atoms with Crippen molar-refractivity contribution >= 4 is 23.7 Å². The first-order valence-electron chi connectivity index (χ1n) is 8.90. The first-order valence-corrected chi connectivity index (χ1v) is 8.90. The smallest absolute Gasteiger partial charge is 0.408 e. The molecule has 0 unspecified atom stereocenters. The summed E-state index contributed by atoms with van der Waals surface area (Å²) < 4.78 is 5.17. The van der Waals surface area contributed by atoms with Crippen LogP contribution < -0.4 is 10.6 Å². The van der Waals surface area contributed by atoms with E-state index in [9.17, 15) is 19.5 Å². The molecule has 7 heteroatoms. The Labute approximate surface area is 163 Å². The van der Waals surface area contributed by atoms with Crippen LogP contribution in [0.1, 0.15) is 35.3 Å². The summed E-state index contributed by atoms with van der Waals surface area (Å²) in [5.41, 5.74) is 1.56. The Kier molecular flexibility index (Phi) is 7.14. The Hall–Kier alpha value is -3.35. The highest BCUT2D eigenvalue weighted by Crippen LogP contribution is 2.20. The van der Waals surface area contributed by atoms with Crippen molar-refractivity contribution in [3.63, 3.8) is 0 Å². The van der Waals surface area contributed by atoms with Crippen molar-refractivity contribution in [3.05, 3.63) is 65.2 Å². The first kappa shape index (κ1) is 21.0. The molecule has 0 aliphatic heterocycles. The van der Waals surface area contributed by atoms with Crippen LogP contribution in [-0.2, 0) is 16.1 Å². The van der Waals surface area contributed by atoms with Crippen LogP contribution in [-0.4, -0.2) is 29.1 Å². The number of rotatable bonds is 7. The van der Waals surface area contributed by atoms with Crippen molar-refractivity contribution in [2.24, 2.45) is 5.92 Å². The maximum absolute atomic E-state index is 12.7. The molecule has 2 amide bonds. The van der Waals surface area contributed by atoms with Gasteiger partial charge < -0.3 is 20.5 Å². The maximum atomic E-state index is 12.7. The molecule has 28 heavy (non-hydrogen) atoms. The quantitative estimate of drug-likeness (QED) is 0.677. The number of hydrogen-bond acceptors (Lipinski definition) is 4. The van der Waals surface area contributed by atoms with Crippen molar-refractivity contribution in [1.82, 2.24) is 5.32 Å². The molecule has 0 aromatic heterocycles. The third-order valence-electron chi connectivity index (χ3n) is 4.18. The van der Waals surface area contributed by atoms with Crippen LogP contribution in [0.4, 0.5) is 10.5 Å². The zero-order valence-corrected chi connectivity index (χ0v) is 16.1. The lowest BCUT2D eigenvalue weighted by Gasteiger charge is -2.22. The predicted octanol–water partition coefficient (Wildman–Crippen LogP) is 3.58. The molecule has 0 radical (unpaired) electrons. The number of aromatic carboxylic acids is 1. The van der Waals surface area contributed by atoms with E-state index in [1.165, 1.54) is 6.07 Å². The van der Waals surface area contributed by atoms with Gasteiger partial charge >= 0.3 is 12.1 Å². The molecule has 0 spiro atoms. The summed E-state index contributed by atoms with van der Waals surface area (Å²) >= 11 is 0. The second kappa shape index (κ2) is 9.55. The van der Waals surface area contributed by atoms with Crippen molar-refractivity contribution in [3.8, 4) is 0 Å². The van der Waals surface area contributed by atoms with Crippen LogP contribution >= 0.6 is 0 Å². The van der Waals surface area contributed by atoms with E-state index in [1.54, 1.807) is 32.9 Å². The highest BCUT2D eigenvalue weighted by Gasteiger charge is 2.26. The predicted molar refractivity (Wildman–Crippen MR) is 105 cm³/mol. The Morgan fingerprint density at radius 1 is 1.04 bits per heavy atom. The van der Waals surface area contributed by atoms with Gasteiger partial charge in [-0.3, -0.25) is 4.79 Å². The molecule has 0 aliphatic carbocycles. The fourth-order valence-electron chi connectivity index (χ4n) is 2.69. The zero-order chi connectivity index (χ0) is 20.7. The number of amides is 2. The molecular formula is C21H24N2O5. The number of carbonyl (C=O) groups excluding carboxylic acids is 2. The third kappa shape index (κ3) is 5.57. The van der Waals surface area contributed by atoms with Crippen molar-refractivity contribution < 1.29 is 24.2 Å². The molecule has 2 rings (SSSR count). The lowest BCUT2D eigenvalue weighted by molar-refractivity contribution is -0.119. The van der Waals surface area contributed by atoms with Gasteiger partial charge in [0.15, 0.2) is 0 Å². The first-order chi connectivity index (χ1) is 13.3. The van der Waals surface area contributed by atoms with Gasteiger partial charge in [0, 0.05) is 0 Å². The standard InChI is InChI=1S/C21H24N2O5/c1-13(2)18(23-21(27)28-12-15-9-5-4-6-10-15)19(24)22-16-11-7-8-14(3)17(16)20(25)26/h4-11,13,18H,12H2,1-3H3,(H,22,24)(H,23,27)(H,25,26)/t18-/m0/s1. The Bertz CT molecular complexity index is 849. The molecule has 148 valence electrons. The van der Waals surface area contributed by atoms with Crippen LogP contribution in [0.25, 0.3) is 0 Å². The number of aryl methyl sites for hydroxylation is 1. The van der Waals surface area contributed by atoms with E-state index in [0.29, 0.717) is 5.56 Å². The SMILES string of the molecule is Cc1cccc(NC(=O)[C@@H](NC(=O)OCc2ccccc2)C(C)C)c1C(=O)O. The van der Waals surface area contributed by atoms with Crippen LogP contribution in [0.15, 0.2) is 48.5 Å². The largest absolute Gasteiger partial charge is 0.478 e. The molecule has 7 nitrogen and oxygen atoms in total. The summed E-state index contributed by atoms with van der Waals surface area (Å²) in [6.07, 6.45) is -0.722. The molecule has 1 atom stereocenters. The van der Waals surface area contributed by atoms with Gasteiger partial charge in [-0.15, -0.1) is 0 Å². The van der Waals surface area contributed by atoms with E-state index in [-0.39, 0.29) is 23.8 Å². The Morgan fingerprint density at radius 3 is 2.32 bits per heavy atom. The number of carbonyl (C=O) groups is 3. The lowest BCUT2D eigenvalue weighted by Crippen LogP contribution is -2.47. The minimum Gasteiger partial charge on any atom is -0.478 e. The molecule has 3 N–H and O–H groups in total. The van der Waals surface area contributed by atoms with Gasteiger partial charge in [-0.1, -0.05) is 56.3 Å². The van der Waals surface area contributed by atoms with E-state index in [2.05, 4.69) is 10.6 Å². The van der Waals surface area contributed by atoms with Gasteiger partial charge in [0.25, 0.3) is 0 Å². The van der Waals surface area contributed by atoms with Gasteiger partial charge in [0.2, 0.25) is 5.91 Å². The summed E-state index contributed by atoms with van der Waals surface area (Å²) in [4.78, 5) is 36.3. The van der Waals surface area contributed by atoms with Crippen LogP contribution in [0, 0.1) is 12.8 Å². The number of ether oxygens (including phenoxy) is 1. The van der Waals surface area contributed by atoms with Crippen LogP contribution in [0.3, 0.4) is 0 Å². The van der Waals surface area contributed by atoms with E-state index >= 15 is 0 Å². The fourth-order valence-corrected chi connectivity index (χ4v) is 2.69. The molecule has 0 aliphatic rings. The summed E-state index contributed by atoms with van der Waals surface area (Å²) in [6.45, 7) is 5.28. The topological polar surface area (TPSA) is 105 Å². The van der Waals surface area contributed by atoms with Gasteiger partial charge in [-0.25, -0.2) is 9.59 Å². The number of hydrogen-bond donors (Lipinski definition) is 3. The second-order valence-electron chi connectivity index (χ2n) is 6.72. The Morgan fingerprint density at radius 2 is 1.71 bits per heavy atom. The molecule has 2 aromatic carbocycles. The normalized spacial score (nSPS) is 11.6. The molecular weight excluding hydrogens is 360 g/mol. The monoisotopic (exact) mass is 384 g/mol. The maximum Gasteiger partial charge on any atom is 0.408 e. The molecule has 0 fully saturated rings. The van der Waals surface area contributed by atoms with Gasteiger partial charge in [0.1, 0.15) is 12.6 Å². The summed E-state index contributed by atoms with van der Waals surface area (Å²) in [5.74, 6) is -1.88. The van der Waals surface area contributed by atoms with Crippen molar-refractivity contribution in [1.29, 1.82) is 0 Å². The molecule has 2 aromatic rings. The fraction of sp³-hybridized carbons (Fsp3) is 0.286. The Balaban J connectivity index is 2.05. The second-order valence-corrected chi connectivity index (χ2v) is 6.72. The van der Waals surface area contributed by atoms with E-state index in [4.69, 9.17) is 4.74 Å². The van der Waals surface area contributed by atoms with E-state index < -0.39 is 24.0 Å². The average molecular weight is 384 g/mol. The molecule has 0 saturated carbocycles. The number of carboxylic acids is 1. The molecule has 0 bridgehead atoms. The van der Waals surface area contributed by atoms with Crippen LogP contribution in [0.5, 0.6) is 0 Å². The van der Waals surface area contributed by atoms with Crippen LogP contribution in [0.2, 0.25) is 0 Å². The summed E-state index contributed by atoms with van der Waals surface area (Å²) in [5, 5.41) is 14.5. The minimum atomic E-state index is -1.13. The highest BCUT2D eigenvalue weighted by atomic mass is 16.5. The summed E-state index contributed by atoms with van der Waals surface area (Å²) in [6, 6.07) is 13.1. The number of benzene rings is 2. The molecule has 0 heterocycles. The number of carboxylic acid groups (broad SMARTS) is 1. The third-order valence-corrected chi connectivity index (χ3v) is 4.18. The molecule has 0 saturated heterocycles. The van der Waals surface area contributed by atoms with Crippen molar-refractivity contribution in [2.75, 3.05) is 5.32 Å². The van der Waals surface area contributed by atoms with Gasteiger partial charge in [0.05, 0.1) is 11.3 Å². The highest BCUT2D eigenvalue weighted by molar-refractivity contribution is 6.03. The van der Waals surface area contributed by atoms with Gasteiger partial charge in [-0.2, -0.15) is 0 Å². The zero-order valence-electron chi connectivity index (χ0n) is 16.1. The summed E-state index contributed by atoms with van der Waals surface area (Å²) in [7, 11) is 0. The van der Waals surface area contributed by atoms with E-state index in [0.717, 1.165) is 5.56 Å². The number of anilines is 1. The minimum absolute atomic E-state index is 0.0185. The number of nitrogens with one attached hydrogen (secondary N) is 2. The van der Waals surface area contributed by atoms with E-state index in [1.807, 2.05) is 30.3 Å². The number of alkyl carbamates (subject to hydrolysis) is 1. The lowest BCUT2D eigenvalue weighted by atomic mass is 10.0. The van der Waals surface area contributed by atoms with Crippen molar-refractivity contribution in [2.45, 2.75) is 33.4 Å². The average Bonchev–Trinajstić information content (AvgIpc) is 2.64.